The summed E-state index contributed by atoms with van der Waals surface area (Å²) in [6.45, 7) is 1.64. The zero-order valence-electron chi connectivity index (χ0n) is 11.8. The fraction of sp³-hybridized carbons (Fsp3) is 0.133. The largest absolute Gasteiger partial charge is 0.416 e. The molecule has 0 aliphatic carbocycles. The highest BCUT2D eigenvalue weighted by Gasteiger charge is 2.33. The van der Waals surface area contributed by atoms with Crippen LogP contribution in [0.2, 0.25) is 0 Å². The molecule has 0 radical (unpaired) electrons. The Morgan fingerprint density at radius 3 is 2.39 bits per heavy atom. The minimum atomic E-state index is -4.73. The summed E-state index contributed by atoms with van der Waals surface area (Å²) in [6, 6.07) is 8.06. The van der Waals surface area contributed by atoms with Gasteiger partial charge in [-0.15, -0.1) is 0 Å². The number of nitro benzene ring substituents is 1. The summed E-state index contributed by atoms with van der Waals surface area (Å²) in [4.78, 5) is 21.9. The number of carbonyl (C=O) groups excluding carboxylic acids is 1. The van der Waals surface area contributed by atoms with Gasteiger partial charge in [-0.3, -0.25) is 10.1 Å². The van der Waals surface area contributed by atoms with Crippen LogP contribution in [0.25, 0.3) is 0 Å². The van der Waals surface area contributed by atoms with E-state index >= 15 is 0 Å². The molecule has 0 spiro atoms. The lowest BCUT2D eigenvalue weighted by Crippen LogP contribution is -2.12. The van der Waals surface area contributed by atoms with Gasteiger partial charge < -0.3 is 4.74 Å². The van der Waals surface area contributed by atoms with Crippen molar-refractivity contribution < 1.29 is 27.6 Å². The first-order chi connectivity index (χ1) is 10.7. The summed E-state index contributed by atoms with van der Waals surface area (Å²) in [7, 11) is 0. The van der Waals surface area contributed by atoms with E-state index in [4.69, 9.17) is 4.74 Å². The minimum Gasteiger partial charge on any atom is -0.416 e. The molecule has 0 aliphatic rings. The van der Waals surface area contributed by atoms with Crippen LogP contribution < -0.4 is 4.74 Å². The molecule has 0 fully saturated rings. The molecule has 2 aromatic carbocycles. The van der Waals surface area contributed by atoms with Gasteiger partial charge in [0, 0.05) is 6.07 Å². The summed E-state index contributed by atoms with van der Waals surface area (Å²) in [5.74, 6) is -1.43. The number of benzene rings is 2. The minimum absolute atomic E-state index is 0.168. The Labute approximate surface area is 128 Å². The summed E-state index contributed by atoms with van der Waals surface area (Å²) < 4.78 is 42.7. The smallest absolute Gasteiger partial charge is 0.416 e. The van der Waals surface area contributed by atoms with Gasteiger partial charge in [-0.2, -0.15) is 13.2 Å². The third-order valence-electron chi connectivity index (χ3n) is 3.05. The lowest BCUT2D eigenvalue weighted by Gasteiger charge is -2.10. The summed E-state index contributed by atoms with van der Waals surface area (Å²) in [5, 5.41) is 10.9. The molecule has 0 unspecified atom stereocenters. The van der Waals surface area contributed by atoms with Crippen LogP contribution in [0.1, 0.15) is 21.5 Å². The van der Waals surface area contributed by atoms with Gasteiger partial charge in [0.25, 0.3) is 0 Å². The SMILES string of the molecule is Cc1ccccc1C(=O)Oc1ccc(C(F)(F)F)cc1[N+](=O)[O-]. The number of halogens is 3. The van der Waals surface area contributed by atoms with Gasteiger partial charge in [0.15, 0.2) is 0 Å². The predicted octanol–water partition coefficient (Wildman–Crippen LogP) is 4.14. The topological polar surface area (TPSA) is 69.4 Å². The average Bonchev–Trinajstić information content (AvgIpc) is 2.46. The van der Waals surface area contributed by atoms with Crippen LogP contribution in [-0.4, -0.2) is 10.9 Å². The molecule has 0 heterocycles. The number of hydrogen-bond donors (Lipinski definition) is 0. The van der Waals surface area contributed by atoms with Gasteiger partial charge in [0.2, 0.25) is 5.75 Å². The molecule has 23 heavy (non-hydrogen) atoms. The molecular weight excluding hydrogens is 315 g/mol. The first kappa shape index (κ1) is 16.5. The molecule has 0 amide bonds. The lowest BCUT2D eigenvalue weighted by atomic mass is 10.1. The third kappa shape index (κ3) is 3.65. The Balaban J connectivity index is 2.38. The van der Waals surface area contributed by atoms with E-state index in [-0.39, 0.29) is 5.56 Å². The summed E-state index contributed by atoms with van der Waals surface area (Å²) >= 11 is 0. The van der Waals surface area contributed by atoms with E-state index in [0.717, 1.165) is 6.07 Å². The van der Waals surface area contributed by atoms with E-state index < -0.39 is 34.1 Å². The van der Waals surface area contributed by atoms with Crippen molar-refractivity contribution in [2.75, 3.05) is 0 Å². The zero-order valence-corrected chi connectivity index (χ0v) is 11.8. The first-order valence-corrected chi connectivity index (χ1v) is 6.33. The number of ether oxygens (including phenoxy) is 1. The molecule has 0 atom stereocenters. The Morgan fingerprint density at radius 1 is 1.17 bits per heavy atom. The average molecular weight is 325 g/mol. The monoisotopic (exact) mass is 325 g/mol. The van der Waals surface area contributed by atoms with E-state index in [1.54, 1.807) is 25.1 Å². The van der Waals surface area contributed by atoms with E-state index in [9.17, 15) is 28.1 Å². The number of aryl methyl sites for hydroxylation is 1. The van der Waals surface area contributed by atoms with Crippen LogP contribution in [0.4, 0.5) is 18.9 Å². The van der Waals surface area contributed by atoms with E-state index in [2.05, 4.69) is 0 Å². The Kier molecular flexibility index (Phi) is 4.35. The summed E-state index contributed by atoms with van der Waals surface area (Å²) in [5.41, 5.74) is -1.38. The summed E-state index contributed by atoms with van der Waals surface area (Å²) in [6.07, 6.45) is -4.73. The fourth-order valence-corrected chi connectivity index (χ4v) is 1.88. The van der Waals surface area contributed by atoms with Crippen molar-refractivity contribution in [3.05, 3.63) is 69.3 Å². The maximum Gasteiger partial charge on any atom is 0.416 e. The van der Waals surface area contributed by atoms with Crippen molar-refractivity contribution in [1.29, 1.82) is 0 Å². The van der Waals surface area contributed by atoms with Crippen LogP contribution in [0.3, 0.4) is 0 Å². The van der Waals surface area contributed by atoms with Gasteiger partial charge in [0.05, 0.1) is 16.1 Å². The number of rotatable bonds is 3. The van der Waals surface area contributed by atoms with Crippen LogP contribution in [0, 0.1) is 17.0 Å². The maximum atomic E-state index is 12.6. The van der Waals surface area contributed by atoms with Crippen molar-refractivity contribution in [2.45, 2.75) is 13.1 Å². The number of nitro groups is 1. The molecule has 0 aromatic heterocycles. The lowest BCUT2D eigenvalue weighted by molar-refractivity contribution is -0.385. The fourth-order valence-electron chi connectivity index (χ4n) is 1.88. The first-order valence-electron chi connectivity index (χ1n) is 6.33. The molecule has 0 saturated heterocycles. The molecule has 2 aromatic rings. The highest BCUT2D eigenvalue weighted by molar-refractivity contribution is 5.93. The molecule has 0 N–H and O–H groups in total. The van der Waals surface area contributed by atoms with E-state index in [0.29, 0.717) is 17.7 Å². The zero-order chi connectivity index (χ0) is 17.2. The Bertz CT molecular complexity index is 772. The van der Waals surface area contributed by atoms with Gasteiger partial charge in [-0.05, 0) is 30.7 Å². The number of hydrogen-bond acceptors (Lipinski definition) is 4. The highest BCUT2D eigenvalue weighted by atomic mass is 19.4. The van der Waals surface area contributed by atoms with Crippen molar-refractivity contribution >= 4 is 11.7 Å². The molecule has 2 rings (SSSR count). The number of esters is 1. The van der Waals surface area contributed by atoms with Gasteiger partial charge in [-0.1, -0.05) is 18.2 Å². The van der Waals surface area contributed by atoms with Crippen LogP contribution in [0.15, 0.2) is 42.5 Å². The van der Waals surface area contributed by atoms with Crippen molar-refractivity contribution in [2.24, 2.45) is 0 Å². The molecular formula is C15H10F3NO4. The van der Waals surface area contributed by atoms with E-state index in [1.165, 1.54) is 6.07 Å². The molecule has 0 saturated carbocycles. The third-order valence-corrected chi connectivity index (χ3v) is 3.05. The van der Waals surface area contributed by atoms with Crippen molar-refractivity contribution in [3.8, 4) is 5.75 Å². The van der Waals surface area contributed by atoms with Crippen LogP contribution in [0.5, 0.6) is 5.75 Å². The van der Waals surface area contributed by atoms with Gasteiger partial charge >= 0.3 is 17.8 Å². The highest BCUT2D eigenvalue weighted by Crippen LogP contribution is 2.36. The van der Waals surface area contributed by atoms with Crippen molar-refractivity contribution in [1.82, 2.24) is 0 Å². The Morgan fingerprint density at radius 2 is 1.83 bits per heavy atom. The van der Waals surface area contributed by atoms with Crippen LogP contribution >= 0.6 is 0 Å². The maximum absolute atomic E-state index is 12.6. The second-order valence-electron chi connectivity index (χ2n) is 4.64. The normalized spacial score (nSPS) is 11.1. The van der Waals surface area contributed by atoms with Crippen LogP contribution in [-0.2, 0) is 6.18 Å². The van der Waals surface area contributed by atoms with Gasteiger partial charge in [0.1, 0.15) is 0 Å². The molecule has 8 heteroatoms. The predicted molar refractivity (Wildman–Crippen MR) is 74.2 cm³/mol. The number of alkyl halides is 3. The second-order valence-corrected chi connectivity index (χ2v) is 4.64. The standard InChI is InChI=1S/C15H10F3NO4/c1-9-4-2-3-5-11(9)14(20)23-13-7-6-10(15(16,17)18)8-12(13)19(21)22/h2-8H,1H3. The number of carbonyl (C=O) groups is 1. The van der Waals surface area contributed by atoms with Crippen molar-refractivity contribution in [3.63, 3.8) is 0 Å². The molecule has 0 bridgehead atoms. The Hall–Kier alpha value is -2.90. The molecule has 0 aliphatic heterocycles. The van der Waals surface area contributed by atoms with E-state index in [1.807, 2.05) is 0 Å². The van der Waals surface area contributed by atoms with Gasteiger partial charge in [-0.25, -0.2) is 4.79 Å². The second kappa shape index (κ2) is 6.07. The quantitative estimate of drug-likeness (QED) is 0.368. The number of nitrogens with zero attached hydrogens (tertiary/aromatic N) is 1. The molecule has 5 nitrogen and oxygen atoms in total. The molecule has 120 valence electrons.